The van der Waals surface area contributed by atoms with Gasteiger partial charge in [0.05, 0.1) is 23.0 Å². The van der Waals surface area contributed by atoms with Gasteiger partial charge in [-0.3, -0.25) is 14.7 Å². The van der Waals surface area contributed by atoms with E-state index < -0.39 is 16.9 Å². The fourth-order valence-electron chi connectivity index (χ4n) is 6.33. The zero-order valence-electron chi connectivity index (χ0n) is 24.3. The minimum absolute atomic E-state index is 0.00613. The lowest BCUT2D eigenvalue weighted by Gasteiger charge is -2.35. The Morgan fingerprint density at radius 1 is 1.12 bits per heavy atom. The van der Waals surface area contributed by atoms with Crippen molar-refractivity contribution in [2.45, 2.75) is 57.9 Å². The van der Waals surface area contributed by atoms with Crippen molar-refractivity contribution < 1.29 is 17.9 Å². The predicted molar refractivity (Wildman–Crippen MR) is 161 cm³/mol. The molecule has 0 saturated carbocycles. The molecule has 222 valence electrons. The second-order valence-corrected chi connectivity index (χ2v) is 12.8. The summed E-state index contributed by atoms with van der Waals surface area (Å²) in [7, 11) is 1.75. The maximum absolute atomic E-state index is 14.4. The molecule has 2 fully saturated rings. The molecule has 10 heteroatoms. The van der Waals surface area contributed by atoms with E-state index in [4.69, 9.17) is 4.55 Å². The second-order valence-electron chi connectivity index (χ2n) is 11.9. The first-order valence-electron chi connectivity index (χ1n) is 14.8. The van der Waals surface area contributed by atoms with Gasteiger partial charge in [-0.2, -0.15) is 0 Å². The van der Waals surface area contributed by atoms with E-state index in [1.54, 1.807) is 18.0 Å². The van der Waals surface area contributed by atoms with Crippen molar-refractivity contribution in [3.05, 3.63) is 59.8 Å². The number of amides is 1. The van der Waals surface area contributed by atoms with Crippen molar-refractivity contribution in [1.29, 1.82) is 0 Å². The lowest BCUT2D eigenvalue weighted by atomic mass is 9.88. The summed E-state index contributed by atoms with van der Waals surface area (Å²) in [6.07, 6.45) is 11.3. The number of carbonyl (C=O) groups is 1. The van der Waals surface area contributed by atoms with Gasteiger partial charge in [0.15, 0.2) is 11.1 Å². The standard InChI is InChI=1S/C31H42FN5O3S/c1-22(2)34(3)31(38)27-18-25(32)4-5-29(27)37-20-28(26-6-12-33-19-30(26)37)24-10-16-35(17-11-24)13-7-23-8-14-36(15-9-23)21-41(39)40/h4-6,12,18-20,22-24H,7-11,13-17,21H2,1-3H3,(H,39,40). The van der Waals surface area contributed by atoms with E-state index in [0.29, 0.717) is 23.1 Å². The molecule has 1 amide bonds. The Morgan fingerprint density at radius 2 is 1.83 bits per heavy atom. The Morgan fingerprint density at radius 3 is 2.51 bits per heavy atom. The van der Waals surface area contributed by atoms with E-state index >= 15 is 0 Å². The molecule has 2 saturated heterocycles. The highest BCUT2D eigenvalue weighted by molar-refractivity contribution is 7.79. The number of halogens is 1. The molecule has 3 aromatic rings. The Hall–Kier alpha value is -2.66. The number of hydrogen-bond acceptors (Lipinski definition) is 5. The topological polar surface area (TPSA) is 81.9 Å². The van der Waals surface area contributed by atoms with Crippen molar-refractivity contribution >= 4 is 27.9 Å². The van der Waals surface area contributed by atoms with Crippen molar-refractivity contribution in [2.24, 2.45) is 5.92 Å². The molecule has 1 atom stereocenters. The smallest absolute Gasteiger partial charge is 0.256 e. The molecule has 2 aliphatic rings. The largest absolute Gasteiger partial charge is 0.339 e. The summed E-state index contributed by atoms with van der Waals surface area (Å²) in [6, 6.07) is 6.50. The van der Waals surface area contributed by atoms with Gasteiger partial charge in [0, 0.05) is 30.9 Å². The molecule has 1 unspecified atom stereocenters. The van der Waals surface area contributed by atoms with Gasteiger partial charge in [-0.25, -0.2) is 8.60 Å². The van der Waals surface area contributed by atoms with E-state index in [0.717, 1.165) is 69.3 Å². The van der Waals surface area contributed by atoms with Gasteiger partial charge in [-0.15, -0.1) is 0 Å². The molecule has 5 rings (SSSR count). The van der Waals surface area contributed by atoms with Crippen LogP contribution in [0.4, 0.5) is 4.39 Å². The maximum atomic E-state index is 14.4. The number of pyridine rings is 1. The van der Waals surface area contributed by atoms with E-state index in [-0.39, 0.29) is 17.8 Å². The molecular weight excluding hydrogens is 541 g/mol. The number of benzene rings is 1. The van der Waals surface area contributed by atoms with Crippen molar-refractivity contribution in [1.82, 2.24) is 24.3 Å². The normalized spacial score (nSPS) is 18.8. The second kappa shape index (κ2) is 13.1. The highest BCUT2D eigenvalue weighted by Crippen LogP contribution is 2.36. The SMILES string of the molecule is CC(C)N(C)C(=O)c1cc(F)ccc1-n1cc(C2CCN(CCC3CCN(CS(=O)O)CC3)CC2)c2ccncc21. The minimum atomic E-state index is -1.75. The highest BCUT2D eigenvalue weighted by Gasteiger charge is 2.27. The van der Waals surface area contributed by atoms with Crippen LogP contribution in [0.5, 0.6) is 0 Å². The fraction of sp³-hybridized carbons (Fsp3) is 0.548. The number of fused-ring (bicyclic) bond motifs is 1. The number of piperidine rings is 2. The molecular formula is C31H42FN5O3S. The van der Waals surface area contributed by atoms with Gasteiger partial charge in [0.25, 0.3) is 5.91 Å². The quantitative estimate of drug-likeness (QED) is 0.353. The molecule has 0 radical (unpaired) electrons. The average molecular weight is 584 g/mol. The predicted octanol–water partition coefficient (Wildman–Crippen LogP) is 5.11. The number of likely N-dealkylation sites (tertiary alicyclic amines) is 2. The molecule has 1 aromatic carbocycles. The van der Waals surface area contributed by atoms with E-state index in [1.807, 2.05) is 30.8 Å². The third kappa shape index (κ3) is 6.88. The fourth-order valence-corrected chi connectivity index (χ4v) is 6.90. The Kier molecular flexibility index (Phi) is 9.53. The summed E-state index contributed by atoms with van der Waals surface area (Å²) in [5.74, 6) is 0.718. The Bertz CT molecular complexity index is 1380. The minimum Gasteiger partial charge on any atom is -0.339 e. The first kappa shape index (κ1) is 29.8. The van der Waals surface area contributed by atoms with Gasteiger partial charge in [-0.1, -0.05) is 0 Å². The van der Waals surface area contributed by atoms with E-state index in [9.17, 15) is 13.4 Å². The maximum Gasteiger partial charge on any atom is 0.256 e. The third-order valence-corrected chi connectivity index (χ3v) is 9.65. The monoisotopic (exact) mass is 583 g/mol. The van der Waals surface area contributed by atoms with Gasteiger partial charge in [0.2, 0.25) is 0 Å². The Labute approximate surface area is 244 Å². The van der Waals surface area contributed by atoms with E-state index in [2.05, 4.69) is 27.0 Å². The van der Waals surface area contributed by atoms with Gasteiger partial charge >= 0.3 is 0 Å². The lowest BCUT2D eigenvalue weighted by Crippen LogP contribution is -2.38. The van der Waals surface area contributed by atoms with Crippen LogP contribution in [0.1, 0.15) is 67.8 Å². The van der Waals surface area contributed by atoms with Crippen LogP contribution in [0.15, 0.2) is 42.9 Å². The third-order valence-electron chi connectivity index (χ3n) is 9.06. The molecule has 0 spiro atoms. The molecule has 2 aromatic heterocycles. The van der Waals surface area contributed by atoms with Gasteiger partial charge in [0.1, 0.15) is 11.7 Å². The molecule has 4 heterocycles. The van der Waals surface area contributed by atoms with Crippen molar-refractivity contribution in [3.8, 4) is 5.69 Å². The zero-order valence-corrected chi connectivity index (χ0v) is 25.2. The van der Waals surface area contributed by atoms with Crippen molar-refractivity contribution in [3.63, 3.8) is 0 Å². The van der Waals surface area contributed by atoms with Crippen LogP contribution in [0, 0.1) is 11.7 Å². The summed E-state index contributed by atoms with van der Waals surface area (Å²) in [4.78, 5) is 24.0. The number of rotatable bonds is 9. The zero-order chi connectivity index (χ0) is 29.1. The number of aromatic nitrogens is 2. The number of carbonyl (C=O) groups excluding carboxylic acids is 1. The van der Waals surface area contributed by atoms with Crippen LogP contribution in [0.2, 0.25) is 0 Å². The van der Waals surface area contributed by atoms with Gasteiger partial charge in [-0.05, 0) is 120 Å². The van der Waals surface area contributed by atoms with Crippen LogP contribution >= 0.6 is 0 Å². The highest BCUT2D eigenvalue weighted by atomic mass is 32.2. The summed E-state index contributed by atoms with van der Waals surface area (Å²) >= 11 is -1.75. The van der Waals surface area contributed by atoms with Crippen LogP contribution in [-0.2, 0) is 11.1 Å². The molecule has 0 aliphatic carbocycles. The van der Waals surface area contributed by atoms with E-state index in [1.165, 1.54) is 24.1 Å². The first-order valence-corrected chi connectivity index (χ1v) is 16.0. The lowest BCUT2D eigenvalue weighted by molar-refractivity contribution is 0.0754. The van der Waals surface area contributed by atoms with Gasteiger partial charge < -0.3 is 18.9 Å². The number of hydrogen-bond donors (Lipinski definition) is 1. The molecule has 2 aliphatic heterocycles. The molecule has 8 nitrogen and oxygen atoms in total. The van der Waals surface area contributed by atoms with Crippen molar-refractivity contribution in [2.75, 3.05) is 45.6 Å². The van der Waals surface area contributed by atoms with Crippen LogP contribution in [0.3, 0.4) is 0 Å². The Balaban J connectivity index is 1.28. The molecule has 41 heavy (non-hydrogen) atoms. The van der Waals surface area contributed by atoms with Crippen LogP contribution < -0.4 is 0 Å². The summed E-state index contributed by atoms with van der Waals surface area (Å²) < 4.78 is 36.6. The average Bonchev–Trinajstić information content (AvgIpc) is 3.35. The van der Waals surface area contributed by atoms with Crippen LogP contribution in [0.25, 0.3) is 16.6 Å². The summed E-state index contributed by atoms with van der Waals surface area (Å²) in [5.41, 5.74) is 3.20. The summed E-state index contributed by atoms with van der Waals surface area (Å²) in [5, 5.41) is 1.13. The summed E-state index contributed by atoms with van der Waals surface area (Å²) in [6.45, 7) is 8.90. The molecule has 1 N–H and O–H groups in total. The molecule has 0 bridgehead atoms. The first-order chi connectivity index (χ1) is 19.7. The number of nitrogens with zero attached hydrogens (tertiary/aromatic N) is 5. The van der Waals surface area contributed by atoms with Crippen LogP contribution in [-0.4, -0.2) is 90.6 Å².